The molecule has 6 heteroatoms. The monoisotopic (exact) mass is 215 g/mol. The number of nitrogens with two attached hydrogens (primary N) is 2. The molecule has 0 bridgehead atoms. The van der Waals surface area contributed by atoms with Crippen LogP contribution in [0.5, 0.6) is 0 Å². The first-order valence-corrected chi connectivity index (χ1v) is 4.22. The highest BCUT2D eigenvalue weighted by molar-refractivity contribution is 6.00. The lowest BCUT2D eigenvalue weighted by molar-refractivity contribution is 0.100. The second-order valence-electron chi connectivity index (χ2n) is 2.90. The van der Waals surface area contributed by atoms with E-state index in [9.17, 15) is 13.6 Å². The van der Waals surface area contributed by atoms with E-state index in [-0.39, 0.29) is 16.9 Å². The van der Waals surface area contributed by atoms with Crippen LogP contribution >= 0.6 is 0 Å². The first-order valence-electron chi connectivity index (χ1n) is 4.22. The Kier molecular flexibility index (Phi) is 3.43. The lowest BCUT2D eigenvalue weighted by atomic mass is 10.1. The summed E-state index contributed by atoms with van der Waals surface area (Å²) in [6, 6.07) is 4.46. The summed E-state index contributed by atoms with van der Waals surface area (Å²) in [5, 5.41) is 2.42. The van der Waals surface area contributed by atoms with Crippen molar-refractivity contribution in [3.63, 3.8) is 0 Å². The molecule has 0 saturated carbocycles. The highest BCUT2D eigenvalue weighted by Gasteiger charge is 2.10. The maximum Gasteiger partial charge on any atom is 0.255 e. The molecule has 5 N–H and O–H groups in total. The molecule has 15 heavy (non-hydrogen) atoms. The van der Waals surface area contributed by atoms with Crippen LogP contribution in [0, 0.1) is 0 Å². The molecule has 0 radical (unpaired) electrons. The molecule has 1 rings (SSSR count). The van der Waals surface area contributed by atoms with Gasteiger partial charge in [0, 0.05) is 0 Å². The quantitative estimate of drug-likeness (QED) is 0.656. The number of carbonyl (C=O) groups is 1. The van der Waals surface area contributed by atoms with E-state index in [1.807, 2.05) is 0 Å². The van der Waals surface area contributed by atoms with E-state index in [0.29, 0.717) is 0 Å². The van der Waals surface area contributed by atoms with Gasteiger partial charge in [0.15, 0.2) is 0 Å². The van der Waals surface area contributed by atoms with Gasteiger partial charge in [-0.1, -0.05) is 6.07 Å². The van der Waals surface area contributed by atoms with E-state index < -0.39 is 18.9 Å². The molecular formula is C9H11F2N3O. The second-order valence-corrected chi connectivity index (χ2v) is 2.90. The number of hydrogen-bond donors (Lipinski definition) is 3. The van der Waals surface area contributed by atoms with Gasteiger partial charge < -0.3 is 16.8 Å². The van der Waals surface area contributed by atoms with E-state index in [2.05, 4.69) is 5.32 Å². The van der Waals surface area contributed by atoms with E-state index >= 15 is 0 Å². The van der Waals surface area contributed by atoms with Gasteiger partial charge in [-0.15, -0.1) is 0 Å². The molecule has 0 atom stereocenters. The summed E-state index contributed by atoms with van der Waals surface area (Å²) in [6.07, 6.45) is -2.48. The van der Waals surface area contributed by atoms with Crippen molar-refractivity contribution in [2.75, 3.05) is 17.6 Å². The van der Waals surface area contributed by atoms with Crippen molar-refractivity contribution >= 4 is 17.3 Å². The highest BCUT2D eigenvalue weighted by atomic mass is 19.3. The number of carbonyl (C=O) groups excluding carboxylic acids is 1. The van der Waals surface area contributed by atoms with E-state index in [1.54, 1.807) is 0 Å². The van der Waals surface area contributed by atoms with Gasteiger partial charge >= 0.3 is 0 Å². The zero-order valence-electron chi connectivity index (χ0n) is 7.84. The van der Waals surface area contributed by atoms with Crippen molar-refractivity contribution in [1.82, 2.24) is 0 Å². The summed E-state index contributed by atoms with van der Waals surface area (Å²) in [6.45, 7) is -0.521. The van der Waals surface area contributed by atoms with Crippen LogP contribution in [0.4, 0.5) is 20.2 Å². The van der Waals surface area contributed by atoms with E-state index in [1.165, 1.54) is 18.2 Å². The first-order chi connectivity index (χ1) is 7.02. The van der Waals surface area contributed by atoms with Gasteiger partial charge in [0.2, 0.25) is 0 Å². The van der Waals surface area contributed by atoms with Crippen LogP contribution in [0.25, 0.3) is 0 Å². The molecule has 1 amide bonds. The minimum Gasteiger partial charge on any atom is -0.396 e. The number of amides is 1. The minimum absolute atomic E-state index is 0.0886. The van der Waals surface area contributed by atoms with Gasteiger partial charge in [0.1, 0.15) is 0 Å². The summed E-state index contributed by atoms with van der Waals surface area (Å²) in [5.41, 5.74) is 11.1. The molecule has 0 saturated heterocycles. The zero-order chi connectivity index (χ0) is 11.4. The Balaban J connectivity index is 2.89. The Hall–Kier alpha value is -1.85. The molecule has 0 aliphatic heterocycles. The van der Waals surface area contributed by atoms with Crippen LogP contribution < -0.4 is 16.8 Å². The summed E-state index contributed by atoms with van der Waals surface area (Å²) in [5.74, 6) is -0.687. The molecule has 0 aromatic heterocycles. The van der Waals surface area contributed by atoms with Crippen LogP contribution in [-0.4, -0.2) is 18.9 Å². The summed E-state index contributed by atoms with van der Waals surface area (Å²) in [4.78, 5) is 10.9. The fourth-order valence-electron chi connectivity index (χ4n) is 1.12. The molecule has 4 nitrogen and oxygen atoms in total. The van der Waals surface area contributed by atoms with Gasteiger partial charge in [0.05, 0.1) is 23.5 Å². The largest absolute Gasteiger partial charge is 0.396 e. The number of benzene rings is 1. The van der Waals surface area contributed by atoms with Gasteiger partial charge in [0.25, 0.3) is 12.3 Å². The van der Waals surface area contributed by atoms with Gasteiger partial charge in [-0.3, -0.25) is 4.79 Å². The molecule has 1 aromatic carbocycles. The number of hydrogen-bond acceptors (Lipinski definition) is 3. The zero-order valence-corrected chi connectivity index (χ0v) is 7.84. The predicted molar refractivity (Wildman–Crippen MR) is 53.9 cm³/mol. The van der Waals surface area contributed by atoms with Crippen molar-refractivity contribution in [1.29, 1.82) is 0 Å². The standard InChI is InChI=1S/C9H11F2N3O/c10-7(11)4-14-6-3-1-2-5(8(6)12)9(13)15/h1-3,7,14H,4,12H2,(H2,13,15). The van der Waals surface area contributed by atoms with Gasteiger partial charge in [-0.25, -0.2) is 8.78 Å². The number of rotatable bonds is 4. The number of halogens is 2. The smallest absolute Gasteiger partial charge is 0.255 e. The Labute approximate surface area is 85.2 Å². The topological polar surface area (TPSA) is 81.1 Å². The number of primary amides is 1. The second kappa shape index (κ2) is 4.59. The highest BCUT2D eigenvalue weighted by Crippen LogP contribution is 2.22. The van der Waals surface area contributed by atoms with Crippen molar-refractivity contribution in [3.8, 4) is 0 Å². The third kappa shape index (κ3) is 2.80. The Morgan fingerprint density at radius 3 is 2.67 bits per heavy atom. The lowest BCUT2D eigenvalue weighted by Crippen LogP contribution is -2.16. The van der Waals surface area contributed by atoms with Crippen molar-refractivity contribution in [3.05, 3.63) is 23.8 Å². The maximum atomic E-state index is 11.9. The van der Waals surface area contributed by atoms with E-state index in [4.69, 9.17) is 11.5 Å². The normalized spacial score (nSPS) is 10.3. The first kappa shape index (κ1) is 11.2. The average molecular weight is 215 g/mol. The number of nitrogen functional groups attached to an aromatic ring is 1. The molecule has 0 aliphatic carbocycles. The number of anilines is 2. The maximum absolute atomic E-state index is 11.9. The van der Waals surface area contributed by atoms with Crippen LogP contribution in [-0.2, 0) is 0 Å². The number of nitrogens with one attached hydrogen (secondary N) is 1. The molecule has 0 fully saturated rings. The van der Waals surface area contributed by atoms with Gasteiger partial charge in [-0.2, -0.15) is 0 Å². The fourth-order valence-corrected chi connectivity index (χ4v) is 1.12. The number of alkyl halides is 2. The summed E-state index contributed by atoms with van der Waals surface area (Å²) in [7, 11) is 0. The fraction of sp³-hybridized carbons (Fsp3) is 0.222. The Morgan fingerprint density at radius 2 is 2.13 bits per heavy atom. The summed E-state index contributed by atoms with van der Waals surface area (Å²) >= 11 is 0. The SMILES string of the molecule is NC(=O)c1cccc(NCC(F)F)c1N. The molecule has 82 valence electrons. The molecule has 1 aromatic rings. The van der Waals surface area contributed by atoms with Crippen molar-refractivity contribution in [2.45, 2.75) is 6.43 Å². The molecule has 0 aliphatic rings. The van der Waals surface area contributed by atoms with Gasteiger partial charge in [-0.05, 0) is 12.1 Å². The predicted octanol–water partition coefficient (Wildman–Crippen LogP) is 1.04. The number of para-hydroxylation sites is 1. The molecule has 0 unspecified atom stereocenters. The van der Waals surface area contributed by atoms with Crippen LogP contribution in [0.1, 0.15) is 10.4 Å². The Morgan fingerprint density at radius 1 is 1.47 bits per heavy atom. The van der Waals surface area contributed by atoms with Crippen LogP contribution in [0.3, 0.4) is 0 Å². The summed E-state index contributed by atoms with van der Waals surface area (Å²) < 4.78 is 23.8. The Bertz CT molecular complexity index is 368. The molecular weight excluding hydrogens is 204 g/mol. The average Bonchev–Trinajstić information content (AvgIpc) is 2.15. The molecule has 0 spiro atoms. The molecule has 0 heterocycles. The lowest BCUT2D eigenvalue weighted by Gasteiger charge is -2.10. The van der Waals surface area contributed by atoms with Crippen molar-refractivity contribution in [2.24, 2.45) is 5.73 Å². The van der Waals surface area contributed by atoms with Crippen molar-refractivity contribution < 1.29 is 13.6 Å². The van der Waals surface area contributed by atoms with E-state index in [0.717, 1.165) is 0 Å². The third-order valence-electron chi connectivity index (χ3n) is 1.82. The van der Waals surface area contributed by atoms with Crippen LogP contribution in [0.15, 0.2) is 18.2 Å². The minimum atomic E-state index is -2.48. The van der Waals surface area contributed by atoms with Crippen LogP contribution in [0.2, 0.25) is 0 Å². The third-order valence-corrected chi connectivity index (χ3v) is 1.82.